The maximum Gasteiger partial charge on any atom is 0.234 e. The highest BCUT2D eigenvalue weighted by molar-refractivity contribution is 5.78. The zero-order valence-electron chi connectivity index (χ0n) is 14.1. The van der Waals surface area contributed by atoms with E-state index in [-0.39, 0.29) is 11.9 Å². The van der Waals surface area contributed by atoms with Gasteiger partial charge in [-0.15, -0.1) is 0 Å². The number of fused-ring (bicyclic) bond motifs is 5. The first kappa shape index (κ1) is 15.2. The fraction of sp³-hybridized carbons (Fsp3) is 0.632. The molecule has 0 aromatic heterocycles. The molecular formula is C19H27N3O. The highest BCUT2D eigenvalue weighted by Crippen LogP contribution is 2.46. The summed E-state index contributed by atoms with van der Waals surface area (Å²) in [5.41, 5.74) is 2.43. The van der Waals surface area contributed by atoms with E-state index in [0.717, 1.165) is 24.9 Å². The summed E-state index contributed by atoms with van der Waals surface area (Å²) in [6.45, 7) is 7.01. The standard InChI is InChI=1S/C19H27N3O/c1-12-3-5-14(6-4-12)13(2)21-19(23)11-22-17-7-8-18(22)16-10-20-9-15(16)17/h3-6,13,15-18,20H,7-11H2,1-2H3,(H,21,23)/t13-,15-,16+,17-,18+/m1/s1. The van der Waals surface area contributed by atoms with E-state index in [1.54, 1.807) is 0 Å². The van der Waals surface area contributed by atoms with E-state index in [0.29, 0.717) is 18.6 Å². The van der Waals surface area contributed by atoms with Gasteiger partial charge in [0.25, 0.3) is 0 Å². The van der Waals surface area contributed by atoms with Crippen molar-refractivity contribution >= 4 is 5.91 Å². The van der Waals surface area contributed by atoms with Crippen LogP contribution in [-0.2, 0) is 4.79 Å². The predicted molar refractivity (Wildman–Crippen MR) is 91.1 cm³/mol. The van der Waals surface area contributed by atoms with Gasteiger partial charge in [-0.2, -0.15) is 0 Å². The van der Waals surface area contributed by atoms with Crippen LogP contribution in [0.5, 0.6) is 0 Å². The van der Waals surface area contributed by atoms with Crippen molar-refractivity contribution in [1.29, 1.82) is 0 Å². The molecule has 0 unspecified atom stereocenters. The Labute approximate surface area is 138 Å². The smallest absolute Gasteiger partial charge is 0.234 e. The first-order valence-corrected chi connectivity index (χ1v) is 8.96. The Hall–Kier alpha value is -1.39. The zero-order chi connectivity index (χ0) is 16.0. The summed E-state index contributed by atoms with van der Waals surface area (Å²) in [5.74, 6) is 1.72. The second kappa shape index (κ2) is 5.91. The Morgan fingerprint density at radius 2 is 1.83 bits per heavy atom. The van der Waals surface area contributed by atoms with Gasteiger partial charge in [-0.25, -0.2) is 0 Å². The fourth-order valence-electron chi connectivity index (χ4n) is 5.03. The van der Waals surface area contributed by atoms with Crippen LogP contribution in [0.1, 0.15) is 36.9 Å². The van der Waals surface area contributed by atoms with Gasteiger partial charge >= 0.3 is 0 Å². The van der Waals surface area contributed by atoms with Gasteiger partial charge in [0.15, 0.2) is 0 Å². The minimum Gasteiger partial charge on any atom is -0.348 e. The van der Waals surface area contributed by atoms with Gasteiger partial charge in [0.2, 0.25) is 5.91 Å². The van der Waals surface area contributed by atoms with Crippen LogP contribution >= 0.6 is 0 Å². The molecule has 1 aromatic carbocycles. The quantitative estimate of drug-likeness (QED) is 0.892. The van der Waals surface area contributed by atoms with Gasteiger partial charge in [0.1, 0.15) is 0 Å². The van der Waals surface area contributed by atoms with Crippen molar-refractivity contribution in [2.75, 3.05) is 19.6 Å². The molecule has 4 nitrogen and oxygen atoms in total. The number of hydrogen-bond acceptors (Lipinski definition) is 3. The number of nitrogens with one attached hydrogen (secondary N) is 2. The summed E-state index contributed by atoms with van der Waals surface area (Å²) in [5, 5.41) is 6.71. The number of carbonyl (C=O) groups is 1. The molecule has 4 heteroatoms. The van der Waals surface area contributed by atoms with E-state index in [2.05, 4.69) is 53.6 Å². The molecule has 1 amide bonds. The van der Waals surface area contributed by atoms with Crippen molar-refractivity contribution in [3.8, 4) is 0 Å². The van der Waals surface area contributed by atoms with Crippen LogP contribution in [0.4, 0.5) is 0 Å². The minimum absolute atomic E-state index is 0.0736. The third kappa shape index (κ3) is 2.68. The molecule has 0 spiro atoms. The molecule has 3 fully saturated rings. The van der Waals surface area contributed by atoms with E-state index in [1.807, 2.05) is 0 Å². The number of benzene rings is 1. The van der Waals surface area contributed by atoms with Crippen LogP contribution in [0.25, 0.3) is 0 Å². The molecule has 4 rings (SSSR count). The molecule has 5 atom stereocenters. The van der Waals surface area contributed by atoms with E-state index < -0.39 is 0 Å². The first-order valence-electron chi connectivity index (χ1n) is 8.96. The Balaban J connectivity index is 1.36. The number of aryl methyl sites for hydroxylation is 1. The molecule has 0 aliphatic carbocycles. The fourth-order valence-corrected chi connectivity index (χ4v) is 5.03. The predicted octanol–water partition coefficient (Wildman–Crippen LogP) is 1.85. The lowest BCUT2D eigenvalue weighted by Crippen LogP contribution is -2.42. The summed E-state index contributed by atoms with van der Waals surface area (Å²) >= 11 is 0. The highest BCUT2D eigenvalue weighted by Gasteiger charge is 2.54. The van der Waals surface area contributed by atoms with Gasteiger partial charge in [-0.05, 0) is 57.2 Å². The van der Waals surface area contributed by atoms with Crippen molar-refractivity contribution in [2.24, 2.45) is 11.8 Å². The molecule has 3 aliphatic rings. The molecule has 0 radical (unpaired) electrons. The van der Waals surface area contributed by atoms with Crippen molar-refractivity contribution in [1.82, 2.24) is 15.5 Å². The second-order valence-corrected chi connectivity index (χ2v) is 7.57. The number of hydrogen-bond donors (Lipinski definition) is 2. The molecule has 3 saturated heterocycles. The number of carbonyl (C=O) groups excluding carboxylic acids is 1. The molecule has 124 valence electrons. The SMILES string of the molecule is Cc1ccc([C@@H](C)NC(=O)CN2[C@@H]3CC[C@H]2[C@H]2CNC[C@H]23)cc1. The zero-order valence-corrected chi connectivity index (χ0v) is 14.1. The van der Waals surface area contributed by atoms with E-state index in [4.69, 9.17) is 0 Å². The van der Waals surface area contributed by atoms with Gasteiger partial charge in [-0.3, -0.25) is 9.69 Å². The van der Waals surface area contributed by atoms with E-state index in [1.165, 1.54) is 24.0 Å². The summed E-state index contributed by atoms with van der Waals surface area (Å²) in [6, 6.07) is 9.75. The highest BCUT2D eigenvalue weighted by atomic mass is 16.2. The average molecular weight is 313 g/mol. The topological polar surface area (TPSA) is 44.4 Å². The first-order chi connectivity index (χ1) is 11.1. The second-order valence-electron chi connectivity index (χ2n) is 7.57. The molecule has 0 saturated carbocycles. The molecule has 1 aromatic rings. The van der Waals surface area contributed by atoms with Gasteiger partial charge in [-0.1, -0.05) is 29.8 Å². The van der Waals surface area contributed by atoms with Gasteiger partial charge in [0, 0.05) is 12.1 Å². The van der Waals surface area contributed by atoms with E-state index in [9.17, 15) is 4.79 Å². The number of rotatable bonds is 4. The minimum atomic E-state index is 0.0736. The maximum absolute atomic E-state index is 12.5. The summed E-state index contributed by atoms with van der Waals surface area (Å²) in [6.07, 6.45) is 2.54. The largest absolute Gasteiger partial charge is 0.348 e. The average Bonchev–Trinajstić information content (AvgIpc) is 3.20. The van der Waals surface area contributed by atoms with Crippen LogP contribution in [0, 0.1) is 18.8 Å². The Morgan fingerprint density at radius 1 is 1.22 bits per heavy atom. The normalized spacial score (nSPS) is 33.7. The lowest BCUT2D eigenvalue weighted by atomic mass is 9.82. The van der Waals surface area contributed by atoms with Crippen molar-refractivity contribution in [3.05, 3.63) is 35.4 Å². The molecular weight excluding hydrogens is 286 g/mol. The van der Waals surface area contributed by atoms with Crippen LogP contribution < -0.4 is 10.6 Å². The van der Waals surface area contributed by atoms with Crippen molar-refractivity contribution in [3.63, 3.8) is 0 Å². The molecule has 2 bridgehead atoms. The van der Waals surface area contributed by atoms with Crippen molar-refractivity contribution in [2.45, 2.75) is 44.8 Å². The lowest BCUT2D eigenvalue weighted by molar-refractivity contribution is -0.123. The van der Waals surface area contributed by atoms with Crippen LogP contribution in [0.2, 0.25) is 0 Å². The van der Waals surface area contributed by atoms with Gasteiger partial charge in [0.05, 0.1) is 12.6 Å². The number of nitrogens with zero attached hydrogens (tertiary/aromatic N) is 1. The summed E-state index contributed by atoms with van der Waals surface area (Å²) in [4.78, 5) is 15.0. The van der Waals surface area contributed by atoms with Crippen molar-refractivity contribution < 1.29 is 4.79 Å². The summed E-state index contributed by atoms with van der Waals surface area (Å²) < 4.78 is 0. The molecule has 3 aliphatic heterocycles. The Kier molecular flexibility index (Phi) is 3.90. The maximum atomic E-state index is 12.5. The van der Waals surface area contributed by atoms with E-state index >= 15 is 0 Å². The Morgan fingerprint density at radius 3 is 2.43 bits per heavy atom. The monoisotopic (exact) mass is 313 g/mol. The third-order valence-corrected chi connectivity index (χ3v) is 6.19. The third-order valence-electron chi connectivity index (χ3n) is 6.19. The summed E-state index contributed by atoms with van der Waals surface area (Å²) in [7, 11) is 0. The van der Waals surface area contributed by atoms with Crippen LogP contribution in [0.15, 0.2) is 24.3 Å². The molecule has 3 heterocycles. The van der Waals surface area contributed by atoms with Crippen LogP contribution in [-0.4, -0.2) is 42.5 Å². The van der Waals surface area contributed by atoms with Gasteiger partial charge < -0.3 is 10.6 Å². The van der Waals surface area contributed by atoms with Crippen LogP contribution in [0.3, 0.4) is 0 Å². The molecule has 2 N–H and O–H groups in total. The Bertz CT molecular complexity index is 567. The number of amides is 1. The molecule has 23 heavy (non-hydrogen) atoms. The lowest BCUT2D eigenvalue weighted by Gasteiger charge is -2.24.